The standard InChI is InChI=1S/C13H10F3NOS/c1-8(18)6-11-7-17-12(19-11)9-2-4-10(5-3-9)13(14,15)16/h2-5,7H,6H2,1H3. The number of halogens is 3. The highest BCUT2D eigenvalue weighted by atomic mass is 32.1. The van der Waals surface area contributed by atoms with E-state index in [1.54, 1.807) is 6.20 Å². The molecular weight excluding hydrogens is 275 g/mol. The molecule has 0 aliphatic heterocycles. The molecule has 0 aliphatic carbocycles. The first-order valence-corrected chi connectivity index (χ1v) is 6.29. The molecule has 2 nitrogen and oxygen atoms in total. The number of benzene rings is 1. The van der Waals surface area contributed by atoms with E-state index in [9.17, 15) is 18.0 Å². The van der Waals surface area contributed by atoms with Gasteiger partial charge in [-0.15, -0.1) is 11.3 Å². The van der Waals surface area contributed by atoms with Gasteiger partial charge in [0, 0.05) is 23.1 Å². The maximum atomic E-state index is 12.4. The van der Waals surface area contributed by atoms with Crippen LogP contribution in [-0.2, 0) is 17.4 Å². The molecule has 100 valence electrons. The first kappa shape index (κ1) is 13.7. The number of Topliss-reactive ketones (excluding diaryl/α,β-unsaturated/α-hetero) is 1. The molecule has 0 spiro atoms. The van der Waals surface area contributed by atoms with Crippen LogP contribution in [-0.4, -0.2) is 10.8 Å². The Balaban J connectivity index is 2.23. The van der Waals surface area contributed by atoms with Gasteiger partial charge in [-0.3, -0.25) is 4.79 Å². The molecule has 0 N–H and O–H groups in total. The first-order chi connectivity index (χ1) is 8.86. The number of hydrogen-bond donors (Lipinski definition) is 0. The Morgan fingerprint density at radius 3 is 2.42 bits per heavy atom. The van der Waals surface area contributed by atoms with Crippen LogP contribution in [0.3, 0.4) is 0 Å². The normalized spacial score (nSPS) is 11.6. The van der Waals surface area contributed by atoms with Gasteiger partial charge in [-0.2, -0.15) is 13.2 Å². The average molecular weight is 285 g/mol. The van der Waals surface area contributed by atoms with E-state index in [1.165, 1.54) is 30.4 Å². The molecule has 0 fully saturated rings. The third kappa shape index (κ3) is 3.41. The van der Waals surface area contributed by atoms with Gasteiger partial charge in [0.2, 0.25) is 0 Å². The lowest BCUT2D eigenvalue weighted by molar-refractivity contribution is -0.137. The Labute approximate surface area is 111 Å². The zero-order valence-corrected chi connectivity index (χ0v) is 10.8. The van der Waals surface area contributed by atoms with Crippen molar-refractivity contribution in [1.29, 1.82) is 0 Å². The number of rotatable bonds is 3. The van der Waals surface area contributed by atoms with Crippen molar-refractivity contribution in [1.82, 2.24) is 4.98 Å². The van der Waals surface area contributed by atoms with Crippen molar-refractivity contribution >= 4 is 17.1 Å². The highest BCUT2D eigenvalue weighted by Crippen LogP contribution is 2.32. The molecule has 2 rings (SSSR count). The number of hydrogen-bond acceptors (Lipinski definition) is 3. The fraction of sp³-hybridized carbons (Fsp3) is 0.231. The van der Waals surface area contributed by atoms with Crippen LogP contribution in [0.25, 0.3) is 10.6 Å². The van der Waals surface area contributed by atoms with Crippen molar-refractivity contribution in [3.63, 3.8) is 0 Å². The average Bonchev–Trinajstić information content (AvgIpc) is 2.75. The summed E-state index contributed by atoms with van der Waals surface area (Å²) in [5.74, 6) is 0.0302. The molecule has 1 heterocycles. The Morgan fingerprint density at radius 1 is 1.26 bits per heavy atom. The predicted octanol–water partition coefficient (Wildman–Crippen LogP) is 3.96. The fourth-order valence-corrected chi connectivity index (χ4v) is 2.56. The number of alkyl halides is 3. The van der Waals surface area contributed by atoms with Gasteiger partial charge in [0.15, 0.2) is 0 Å². The summed E-state index contributed by atoms with van der Waals surface area (Å²) in [6.45, 7) is 1.48. The minimum atomic E-state index is -4.33. The summed E-state index contributed by atoms with van der Waals surface area (Å²) >= 11 is 1.31. The number of thiazole rings is 1. The monoisotopic (exact) mass is 285 g/mol. The van der Waals surface area contributed by atoms with E-state index in [2.05, 4.69) is 4.98 Å². The van der Waals surface area contributed by atoms with Crippen LogP contribution >= 0.6 is 11.3 Å². The van der Waals surface area contributed by atoms with Crippen LogP contribution in [0, 0.1) is 0 Å². The predicted molar refractivity (Wildman–Crippen MR) is 66.9 cm³/mol. The van der Waals surface area contributed by atoms with E-state index in [1.807, 2.05) is 0 Å². The van der Waals surface area contributed by atoms with Crippen molar-refractivity contribution in [3.8, 4) is 10.6 Å². The summed E-state index contributed by atoms with van der Waals surface area (Å²) in [6, 6.07) is 4.83. The maximum Gasteiger partial charge on any atom is 0.416 e. The van der Waals surface area contributed by atoms with E-state index < -0.39 is 11.7 Å². The molecular formula is C13H10F3NOS. The Bertz CT molecular complexity index is 587. The first-order valence-electron chi connectivity index (χ1n) is 5.48. The number of aromatic nitrogens is 1. The molecule has 0 unspecified atom stereocenters. The molecule has 0 saturated carbocycles. The van der Waals surface area contributed by atoms with Crippen LogP contribution < -0.4 is 0 Å². The highest BCUT2D eigenvalue weighted by molar-refractivity contribution is 7.15. The van der Waals surface area contributed by atoms with Crippen LogP contribution in [0.2, 0.25) is 0 Å². The van der Waals surface area contributed by atoms with Gasteiger partial charge in [-0.25, -0.2) is 4.98 Å². The molecule has 1 aromatic carbocycles. The van der Waals surface area contributed by atoms with Crippen molar-refractivity contribution in [3.05, 3.63) is 40.9 Å². The molecule has 0 amide bonds. The number of carbonyl (C=O) groups excluding carboxylic acids is 1. The number of ketones is 1. The molecule has 19 heavy (non-hydrogen) atoms. The lowest BCUT2D eigenvalue weighted by atomic mass is 10.1. The lowest BCUT2D eigenvalue weighted by Gasteiger charge is -2.06. The van der Waals surface area contributed by atoms with Gasteiger partial charge in [0.25, 0.3) is 0 Å². The summed E-state index contributed by atoms with van der Waals surface area (Å²) in [6.07, 6.45) is -2.45. The minimum Gasteiger partial charge on any atom is -0.300 e. The molecule has 0 saturated heterocycles. The molecule has 0 aliphatic rings. The zero-order chi connectivity index (χ0) is 14.0. The van der Waals surface area contributed by atoms with Gasteiger partial charge >= 0.3 is 6.18 Å². The highest BCUT2D eigenvalue weighted by Gasteiger charge is 2.30. The Morgan fingerprint density at radius 2 is 1.89 bits per heavy atom. The number of nitrogens with zero attached hydrogens (tertiary/aromatic N) is 1. The van der Waals surface area contributed by atoms with E-state index in [4.69, 9.17) is 0 Å². The summed E-state index contributed by atoms with van der Waals surface area (Å²) in [5.41, 5.74) is -0.0652. The summed E-state index contributed by atoms with van der Waals surface area (Å²) in [4.78, 5) is 15.9. The van der Waals surface area contributed by atoms with Gasteiger partial charge in [-0.05, 0) is 19.1 Å². The molecule has 1 aromatic heterocycles. The summed E-state index contributed by atoms with van der Waals surface area (Å²) in [5, 5.41) is 0.616. The van der Waals surface area contributed by atoms with Gasteiger partial charge in [-0.1, -0.05) is 12.1 Å². The van der Waals surface area contributed by atoms with Crippen LogP contribution in [0.15, 0.2) is 30.5 Å². The smallest absolute Gasteiger partial charge is 0.300 e. The second-order valence-corrected chi connectivity index (χ2v) is 5.20. The second-order valence-electron chi connectivity index (χ2n) is 4.09. The maximum absolute atomic E-state index is 12.4. The SMILES string of the molecule is CC(=O)Cc1cnc(-c2ccc(C(F)(F)F)cc2)s1. The van der Waals surface area contributed by atoms with E-state index in [0.29, 0.717) is 17.0 Å². The Kier molecular flexibility index (Phi) is 3.71. The van der Waals surface area contributed by atoms with Gasteiger partial charge in [0.05, 0.1) is 5.56 Å². The quantitative estimate of drug-likeness (QED) is 0.854. The van der Waals surface area contributed by atoms with Crippen molar-refractivity contribution in [2.24, 2.45) is 0 Å². The van der Waals surface area contributed by atoms with Crippen molar-refractivity contribution in [2.45, 2.75) is 19.5 Å². The molecule has 0 bridgehead atoms. The van der Waals surface area contributed by atoms with Crippen LogP contribution in [0.4, 0.5) is 13.2 Å². The Hall–Kier alpha value is -1.69. The van der Waals surface area contributed by atoms with Crippen molar-refractivity contribution in [2.75, 3.05) is 0 Å². The molecule has 0 atom stereocenters. The summed E-state index contributed by atoms with van der Waals surface area (Å²) < 4.78 is 37.3. The van der Waals surface area contributed by atoms with Crippen LogP contribution in [0.1, 0.15) is 17.4 Å². The van der Waals surface area contributed by atoms with E-state index >= 15 is 0 Å². The second kappa shape index (κ2) is 5.13. The largest absolute Gasteiger partial charge is 0.416 e. The topological polar surface area (TPSA) is 30.0 Å². The van der Waals surface area contributed by atoms with Gasteiger partial charge < -0.3 is 0 Å². The van der Waals surface area contributed by atoms with Crippen LogP contribution in [0.5, 0.6) is 0 Å². The lowest BCUT2D eigenvalue weighted by Crippen LogP contribution is -2.03. The van der Waals surface area contributed by atoms with E-state index in [0.717, 1.165) is 17.0 Å². The minimum absolute atomic E-state index is 0.0302. The third-order valence-electron chi connectivity index (χ3n) is 2.44. The molecule has 2 aromatic rings. The fourth-order valence-electron chi connectivity index (χ4n) is 1.57. The molecule has 0 radical (unpaired) electrons. The van der Waals surface area contributed by atoms with E-state index in [-0.39, 0.29) is 5.78 Å². The van der Waals surface area contributed by atoms with Crippen molar-refractivity contribution < 1.29 is 18.0 Å². The number of carbonyl (C=O) groups is 1. The third-order valence-corrected chi connectivity index (χ3v) is 3.48. The molecule has 6 heteroatoms. The summed E-state index contributed by atoms with van der Waals surface area (Å²) in [7, 11) is 0. The zero-order valence-electron chi connectivity index (χ0n) is 9.99. The van der Waals surface area contributed by atoms with Gasteiger partial charge in [0.1, 0.15) is 10.8 Å².